The maximum Gasteiger partial charge on any atom is 0.224 e. The fourth-order valence-corrected chi connectivity index (χ4v) is 1.93. The van der Waals surface area contributed by atoms with Gasteiger partial charge < -0.3 is 5.32 Å². The Kier molecular flexibility index (Phi) is 3.36. The summed E-state index contributed by atoms with van der Waals surface area (Å²) in [5.74, 6) is -0.0431. The third-order valence-electron chi connectivity index (χ3n) is 2.93. The van der Waals surface area contributed by atoms with Crippen LogP contribution >= 0.6 is 0 Å². The molecule has 1 aromatic carbocycles. The van der Waals surface area contributed by atoms with Gasteiger partial charge in [-0.25, -0.2) is 0 Å². The van der Waals surface area contributed by atoms with Crippen molar-refractivity contribution in [1.29, 1.82) is 0 Å². The van der Waals surface area contributed by atoms with Crippen molar-refractivity contribution in [3.05, 3.63) is 48.3 Å². The van der Waals surface area contributed by atoms with Gasteiger partial charge in [0.2, 0.25) is 5.91 Å². The summed E-state index contributed by atoms with van der Waals surface area (Å²) in [4.78, 5) is 16.1. The van der Waals surface area contributed by atoms with E-state index >= 15 is 0 Å². The van der Waals surface area contributed by atoms with E-state index in [1.54, 1.807) is 12.3 Å². The number of benzene rings is 1. The van der Waals surface area contributed by atoms with Gasteiger partial charge in [-0.1, -0.05) is 6.07 Å². The van der Waals surface area contributed by atoms with Gasteiger partial charge in [0.05, 0.1) is 0 Å². The Morgan fingerprint density at radius 2 is 2.05 bits per heavy atom. The number of aromatic nitrogens is 4. The number of pyridine rings is 1. The maximum absolute atomic E-state index is 11.9. The fourth-order valence-electron chi connectivity index (χ4n) is 1.93. The second-order valence-corrected chi connectivity index (χ2v) is 4.40. The number of rotatable bonds is 4. The smallest absolute Gasteiger partial charge is 0.224 e. The standard InChI is InChI=1S/C14H13N5O/c20-14(7-5-10-3-1-2-8-15-10)16-11-4-6-12-13(9-11)18-19-17-12/h1-4,6,8-9H,5,7H2,(H,16,20)(H,17,18,19). The minimum absolute atomic E-state index is 0.0431. The number of hydrogen-bond donors (Lipinski definition) is 2. The predicted molar refractivity (Wildman–Crippen MR) is 75.1 cm³/mol. The van der Waals surface area contributed by atoms with E-state index in [0.717, 1.165) is 22.4 Å². The molecule has 1 amide bonds. The molecule has 2 heterocycles. The summed E-state index contributed by atoms with van der Waals surface area (Å²) in [6.45, 7) is 0. The summed E-state index contributed by atoms with van der Waals surface area (Å²) in [7, 11) is 0. The molecule has 2 aromatic heterocycles. The van der Waals surface area contributed by atoms with E-state index in [1.165, 1.54) is 0 Å². The first-order valence-corrected chi connectivity index (χ1v) is 6.31. The second-order valence-electron chi connectivity index (χ2n) is 4.40. The minimum Gasteiger partial charge on any atom is -0.326 e. The van der Waals surface area contributed by atoms with Crippen molar-refractivity contribution in [2.75, 3.05) is 5.32 Å². The zero-order valence-electron chi connectivity index (χ0n) is 10.7. The van der Waals surface area contributed by atoms with Crippen LogP contribution < -0.4 is 5.32 Å². The third-order valence-corrected chi connectivity index (χ3v) is 2.93. The average Bonchev–Trinajstić information content (AvgIpc) is 2.94. The van der Waals surface area contributed by atoms with Gasteiger partial charge in [-0.05, 0) is 36.8 Å². The number of nitrogens with zero attached hydrogens (tertiary/aromatic N) is 3. The predicted octanol–water partition coefficient (Wildman–Crippen LogP) is 1.92. The van der Waals surface area contributed by atoms with Gasteiger partial charge in [0.15, 0.2) is 0 Å². The molecule has 6 nitrogen and oxygen atoms in total. The van der Waals surface area contributed by atoms with Gasteiger partial charge in [-0.2, -0.15) is 15.4 Å². The fraction of sp³-hybridized carbons (Fsp3) is 0.143. The molecule has 2 N–H and O–H groups in total. The van der Waals surface area contributed by atoms with Crippen LogP contribution in [0.3, 0.4) is 0 Å². The first-order valence-electron chi connectivity index (χ1n) is 6.31. The molecule has 0 aliphatic rings. The summed E-state index contributed by atoms with van der Waals surface area (Å²) in [6, 6.07) is 11.1. The topological polar surface area (TPSA) is 83.6 Å². The quantitative estimate of drug-likeness (QED) is 0.756. The zero-order chi connectivity index (χ0) is 13.8. The van der Waals surface area contributed by atoms with Crippen molar-refractivity contribution in [1.82, 2.24) is 20.4 Å². The molecule has 0 bridgehead atoms. The number of carbonyl (C=O) groups is 1. The van der Waals surface area contributed by atoms with Gasteiger partial charge in [0, 0.05) is 24.0 Å². The Bertz CT molecular complexity index is 723. The highest BCUT2D eigenvalue weighted by molar-refractivity contribution is 5.92. The van der Waals surface area contributed by atoms with Crippen LogP contribution in [0, 0.1) is 0 Å². The average molecular weight is 267 g/mol. The van der Waals surface area contributed by atoms with E-state index in [9.17, 15) is 4.79 Å². The monoisotopic (exact) mass is 267 g/mol. The van der Waals surface area contributed by atoms with Crippen molar-refractivity contribution < 1.29 is 4.79 Å². The van der Waals surface area contributed by atoms with Crippen LogP contribution in [0.15, 0.2) is 42.6 Å². The van der Waals surface area contributed by atoms with Crippen molar-refractivity contribution in [2.24, 2.45) is 0 Å². The molecule has 6 heteroatoms. The van der Waals surface area contributed by atoms with E-state index in [-0.39, 0.29) is 5.91 Å². The molecule has 0 saturated carbocycles. The van der Waals surface area contributed by atoms with Crippen LogP contribution in [0.25, 0.3) is 11.0 Å². The molecule has 0 saturated heterocycles. The first kappa shape index (κ1) is 12.3. The Morgan fingerprint density at radius 1 is 1.15 bits per heavy atom. The van der Waals surface area contributed by atoms with Crippen LogP contribution in [0.1, 0.15) is 12.1 Å². The number of amides is 1. The number of anilines is 1. The molecule has 0 atom stereocenters. The molecular formula is C14H13N5O. The Labute approximate surface area is 115 Å². The molecular weight excluding hydrogens is 254 g/mol. The van der Waals surface area contributed by atoms with Gasteiger partial charge >= 0.3 is 0 Å². The highest BCUT2D eigenvalue weighted by atomic mass is 16.1. The van der Waals surface area contributed by atoms with Gasteiger partial charge in [-0.15, -0.1) is 0 Å². The van der Waals surface area contributed by atoms with Crippen LogP contribution in [0.2, 0.25) is 0 Å². The van der Waals surface area contributed by atoms with Crippen LogP contribution in [-0.2, 0) is 11.2 Å². The Balaban J connectivity index is 1.61. The van der Waals surface area contributed by atoms with Crippen molar-refractivity contribution in [3.63, 3.8) is 0 Å². The van der Waals surface area contributed by atoms with Crippen LogP contribution in [0.4, 0.5) is 5.69 Å². The normalized spacial score (nSPS) is 10.6. The number of hydrogen-bond acceptors (Lipinski definition) is 4. The lowest BCUT2D eigenvalue weighted by Crippen LogP contribution is -2.12. The zero-order valence-corrected chi connectivity index (χ0v) is 10.7. The number of aromatic amines is 1. The molecule has 0 unspecified atom stereocenters. The summed E-state index contributed by atoms with van der Waals surface area (Å²) < 4.78 is 0. The molecule has 0 spiro atoms. The number of fused-ring (bicyclic) bond motifs is 1. The van der Waals surface area contributed by atoms with Gasteiger partial charge in [-0.3, -0.25) is 9.78 Å². The molecule has 0 aliphatic heterocycles. The molecule has 100 valence electrons. The molecule has 20 heavy (non-hydrogen) atoms. The summed E-state index contributed by atoms with van der Waals surface area (Å²) in [5, 5.41) is 13.3. The number of H-pyrrole nitrogens is 1. The van der Waals surface area contributed by atoms with E-state index < -0.39 is 0 Å². The molecule has 3 rings (SSSR count). The number of carbonyl (C=O) groups excluding carboxylic acids is 1. The Morgan fingerprint density at radius 3 is 2.90 bits per heavy atom. The van der Waals surface area contributed by atoms with Crippen LogP contribution in [0.5, 0.6) is 0 Å². The van der Waals surface area contributed by atoms with Gasteiger partial charge in [0.1, 0.15) is 11.0 Å². The molecule has 0 fully saturated rings. The number of nitrogens with one attached hydrogen (secondary N) is 2. The largest absolute Gasteiger partial charge is 0.326 e. The highest BCUT2D eigenvalue weighted by Gasteiger charge is 2.05. The Hall–Kier alpha value is -2.76. The van der Waals surface area contributed by atoms with E-state index in [2.05, 4.69) is 25.7 Å². The molecule has 0 radical (unpaired) electrons. The summed E-state index contributed by atoms with van der Waals surface area (Å²) >= 11 is 0. The lowest BCUT2D eigenvalue weighted by molar-refractivity contribution is -0.116. The lowest BCUT2D eigenvalue weighted by Gasteiger charge is -2.04. The highest BCUT2D eigenvalue weighted by Crippen LogP contribution is 2.15. The number of aryl methyl sites for hydroxylation is 1. The van der Waals surface area contributed by atoms with E-state index in [4.69, 9.17) is 0 Å². The van der Waals surface area contributed by atoms with Crippen molar-refractivity contribution >= 4 is 22.6 Å². The minimum atomic E-state index is -0.0431. The maximum atomic E-state index is 11.9. The van der Waals surface area contributed by atoms with Crippen molar-refractivity contribution in [3.8, 4) is 0 Å². The van der Waals surface area contributed by atoms with Gasteiger partial charge in [0.25, 0.3) is 0 Å². The molecule has 3 aromatic rings. The summed E-state index contributed by atoms with van der Waals surface area (Å²) in [5.41, 5.74) is 3.14. The van der Waals surface area contributed by atoms with E-state index in [0.29, 0.717) is 12.8 Å². The molecule has 0 aliphatic carbocycles. The SMILES string of the molecule is O=C(CCc1ccccn1)Nc1ccc2n[nH]nc2c1. The first-order chi connectivity index (χ1) is 9.81. The second kappa shape index (κ2) is 5.48. The van der Waals surface area contributed by atoms with Crippen LogP contribution in [-0.4, -0.2) is 26.3 Å². The third kappa shape index (κ3) is 2.80. The summed E-state index contributed by atoms with van der Waals surface area (Å²) in [6.07, 6.45) is 2.75. The van der Waals surface area contributed by atoms with E-state index in [1.807, 2.05) is 30.3 Å². The lowest BCUT2D eigenvalue weighted by atomic mass is 10.2. The van der Waals surface area contributed by atoms with Crippen molar-refractivity contribution in [2.45, 2.75) is 12.8 Å².